The zero-order valence-corrected chi connectivity index (χ0v) is 15.1. The van der Waals surface area contributed by atoms with E-state index in [9.17, 15) is 9.18 Å². The van der Waals surface area contributed by atoms with E-state index in [1.807, 2.05) is 18.2 Å². The molecule has 1 aliphatic heterocycles. The number of halogens is 1. The van der Waals surface area contributed by atoms with Crippen LogP contribution in [0.2, 0.25) is 0 Å². The number of anilines is 2. The van der Waals surface area contributed by atoms with Gasteiger partial charge in [0, 0.05) is 30.9 Å². The van der Waals surface area contributed by atoms with Crippen molar-refractivity contribution in [3.63, 3.8) is 0 Å². The van der Waals surface area contributed by atoms with Gasteiger partial charge in [-0.3, -0.25) is 4.79 Å². The van der Waals surface area contributed by atoms with Crippen LogP contribution in [0.25, 0.3) is 0 Å². The van der Waals surface area contributed by atoms with E-state index >= 15 is 0 Å². The second-order valence-corrected chi connectivity index (χ2v) is 7.93. The Balaban J connectivity index is 1.68. The van der Waals surface area contributed by atoms with Crippen molar-refractivity contribution in [2.24, 2.45) is 5.41 Å². The van der Waals surface area contributed by atoms with Gasteiger partial charge in [-0.05, 0) is 53.3 Å². The summed E-state index contributed by atoms with van der Waals surface area (Å²) in [6.45, 7) is 7.88. The fourth-order valence-electron chi connectivity index (χ4n) is 3.21. The number of carbonyl (C=O) groups excluding carboxylic acids is 1. The highest BCUT2D eigenvalue weighted by Gasteiger charge is 2.21. The fourth-order valence-corrected chi connectivity index (χ4v) is 3.21. The minimum Gasteiger partial charge on any atom is -0.367 e. The number of hydrogen-bond donors (Lipinski definition) is 1. The van der Waals surface area contributed by atoms with Crippen LogP contribution < -0.4 is 10.2 Å². The Morgan fingerprint density at radius 1 is 1.16 bits per heavy atom. The largest absolute Gasteiger partial charge is 0.367 e. The smallest absolute Gasteiger partial charge is 0.224 e. The summed E-state index contributed by atoms with van der Waals surface area (Å²) in [5.41, 5.74) is 4.37. The summed E-state index contributed by atoms with van der Waals surface area (Å²) in [6, 6.07) is 12.8. The standard InChI is InChI=1S/C21H25FN2O/c1-21(2,3)13-20(25)23-18-8-9-19-16(12-18)10-11-24(19)14-15-4-6-17(22)7-5-15/h4-9,12H,10-11,13-14H2,1-3H3,(H,23,25). The molecule has 0 unspecified atom stereocenters. The number of nitrogens with one attached hydrogen (secondary N) is 1. The van der Waals surface area contributed by atoms with E-state index in [0.717, 1.165) is 30.8 Å². The molecule has 2 aromatic carbocycles. The highest BCUT2D eigenvalue weighted by Crippen LogP contribution is 2.32. The average molecular weight is 340 g/mol. The Hall–Kier alpha value is -2.36. The lowest BCUT2D eigenvalue weighted by molar-refractivity contribution is -0.117. The van der Waals surface area contributed by atoms with E-state index in [-0.39, 0.29) is 17.1 Å². The SMILES string of the molecule is CC(C)(C)CC(=O)Nc1ccc2c(c1)CCN2Cc1ccc(F)cc1. The first-order valence-electron chi connectivity index (χ1n) is 8.72. The number of nitrogens with zero attached hydrogens (tertiary/aromatic N) is 1. The molecular weight excluding hydrogens is 315 g/mol. The number of fused-ring (bicyclic) bond motifs is 1. The van der Waals surface area contributed by atoms with Gasteiger partial charge in [-0.15, -0.1) is 0 Å². The lowest BCUT2D eigenvalue weighted by atomic mass is 9.92. The molecule has 2 aromatic rings. The van der Waals surface area contributed by atoms with Gasteiger partial charge in [-0.1, -0.05) is 32.9 Å². The minimum absolute atomic E-state index is 0.0211. The van der Waals surface area contributed by atoms with Gasteiger partial charge in [0.2, 0.25) is 5.91 Å². The first-order valence-corrected chi connectivity index (χ1v) is 8.72. The van der Waals surface area contributed by atoms with Crippen molar-refractivity contribution in [1.29, 1.82) is 0 Å². The van der Waals surface area contributed by atoms with Gasteiger partial charge in [-0.2, -0.15) is 0 Å². The van der Waals surface area contributed by atoms with Crippen LogP contribution in [0.5, 0.6) is 0 Å². The molecule has 4 heteroatoms. The Morgan fingerprint density at radius 3 is 2.56 bits per heavy atom. The maximum absolute atomic E-state index is 13.0. The number of rotatable bonds is 4. The number of amides is 1. The Labute approximate surface area is 148 Å². The molecule has 1 heterocycles. The summed E-state index contributed by atoms with van der Waals surface area (Å²) < 4.78 is 13.0. The van der Waals surface area contributed by atoms with E-state index in [2.05, 4.69) is 43.1 Å². The van der Waals surface area contributed by atoms with Crippen LogP contribution in [-0.4, -0.2) is 12.5 Å². The Bertz CT molecular complexity index is 762. The summed E-state index contributed by atoms with van der Waals surface area (Å²) in [5, 5.41) is 3.00. The lowest BCUT2D eigenvalue weighted by Crippen LogP contribution is -2.20. The molecule has 0 bridgehead atoms. The van der Waals surface area contributed by atoms with E-state index in [1.54, 1.807) is 0 Å². The van der Waals surface area contributed by atoms with Crippen molar-refractivity contribution in [2.45, 2.75) is 40.2 Å². The van der Waals surface area contributed by atoms with Crippen LogP contribution in [-0.2, 0) is 17.8 Å². The summed E-state index contributed by atoms with van der Waals surface area (Å²) in [5.74, 6) is -0.158. The lowest BCUT2D eigenvalue weighted by Gasteiger charge is -2.20. The highest BCUT2D eigenvalue weighted by atomic mass is 19.1. The number of carbonyl (C=O) groups is 1. The summed E-state index contributed by atoms with van der Waals surface area (Å²) >= 11 is 0. The molecule has 3 nitrogen and oxygen atoms in total. The van der Waals surface area contributed by atoms with Crippen molar-refractivity contribution >= 4 is 17.3 Å². The summed E-state index contributed by atoms with van der Waals surface area (Å²) in [7, 11) is 0. The van der Waals surface area contributed by atoms with E-state index in [4.69, 9.17) is 0 Å². The molecule has 1 N–H and O–H groups in total. The molecule has 0 saturated carbocycles. The zero-order chi connectivity index (χ0) is 18.0. The van der Waals surface area contributed by atoms with Crippen LogP contribution in [0, 0.1) is 11.2 Å². The highest BCUT2D eigenvalue weighted by molar-refractivity contribution is 5.91. The maximum Gasteiger partial charge on any atom is 0.224 e. The molecule has 0 saturated heterocycles. The molecule has 132 valence electrons. The molecular formula is C21H25FN2O. The predicted octanol–water partition coefficient (Wildman–Crippen LogP) is 4.76. The normalized spacial score (nSPS) is 13.7. The van der Waals surface area contributed by atoms with Crippen molar-refractivity contribution in [3.05, 3.63) is 59.4 Å². The van der Waals surface area contributed by atoms with Crippen molar-refractivity contribution in [3.8, 4) is 0 Å². The molecule has 1 aliphatic rings. The van der Waals surface area contributed by atoms with Crippen LogP contribution >= 0.6 is 0 Å². The van der Waals surface area contributed by atoms with Crippen molar-refractivity contribution in [1.82, 2.24) is 0 Å². The number of hydrogen-bond acceptors (Lipinski definition) is 2. The molecule has 0 radical (unpaired) electrons. The minimum atomic E-state index is -0.207. The van der Waals surface area contributed by atoms with Gasteiger partial charge in [0.05, 0.1) is 0 Å². The quantitative estimate of drug-likeness (QED) is 0.870. The molecule has 1 amide bonds. The maximum atomic E-state index is 13.0. The summed E-state index contributed by atoms with van der Waals surface area (Å²) in [4.78, 5) is 14.4. The molecule has 25 heavy (non-hydrogen) atoms. The van der Waals surface area contributed by atoms with Crippen molar-refractivity contribution in [2.75, 3.05) is 16.8 Å². The monoisotopic (exact) mass is 340 g/mol. The van der Waals surface area contributed by atoms with Crippen molar-refractivity contribution < 1.29 is 9.18 Å². The van der Waals surface area contributed by atoms with Gasteiger partial charge in [0.1, 0.15) is 5.82 Å². The molecule has 0 spiro atoms. The number of benzene rings is 2. The third-order valence-electron chi connectivity index (χ3n) is 4.33. The van der Waals surface area contributed by atoms with Gasteiger partial charge < -0.3 is 10.2 Å². The van der Waals surface area contributed by atoms with Gasteiger partial charge in [-0.25, -0.2) is 4.39 Å². The zero-order valence-electron chi connectivity index (χ0n) is 15.1. The predicted molar refractivity (Wildman–Crippen MR) is 100 cm³/mol. The molecule has 0 aromatic heterocycles. The van der Waals surface area contributed by atoms with E-state index < -0.39 is 0 Å². The summed E-state index contributed by atoms with van der Waals surface area (Å²) in [6.07, 6.45) is 1.46. The molecule has 0 fully saturated rings. The second kappa shape index (κ2) is 6.87. The second-order valence-electron chi connectivity index (χ2n) is 7.93. The molecule has 0 aliphatic carbocycles. The third kappa shape index (κ3) is 4.59. The Kier molecular flexibility index (Phi) is 4.80. The van der Waals surface area contributed by atoms with Gasteiger partial charge >= 0.3 is 0 Å². The third-order valence-corrected chi connectivity index (χ3v) is 4.33. The van der Waals surface area contributed by atoms with Gasteiger partial charge in [0.15, 0.2) is 0 Å². The molecule has 3 rings (SSSR count). The van der Waals surface area contributed by atoms with Crippen LogP contribution in [0.1, 0.15) is 38.3 Å². The van der Waals surface area contributed by atoms with Gasteiger partial charge in [0.25, 0.3) is 0 Å². The average Bonchev–Trinajstić information content (AvgIpc) is 2.90. The topological polar surface area (TPSA) is 32.3 Å². The fraction of sp³-hybridized carbons (Fsp3) is 0.381. The first kappa shape index (κ1) is 17.5. The Morgan fingerprint density at radius 2 is 1.88 bits per heavy atom. The van der Waals surface area contributed by atoms with Crippen LogP contribution in [0.15, 0.2) is 42.5 Å². The first-order chi connectivity index (χ1) is 11.8. The molecule has 0 atom stereocenters. The van der Waals surface area contributed by atoms with Crippen LogP contribution in [0.3, 0.4) is 0 Å². The van der Waals surface area contributed by atoms with E-state index in [0.29, 0.717) is 6.42 Å². The van der Waals surface area contributed by atoms with E-state index in [1.165, 1.54) is 23.4 Å². The van der Waals surface area contributed by atoms with Crippen LogP contribution in [0.4, 0.5) is 15.8 Å².